The van der Waals surface area contributed by atoms with Crippen molar-refractivity contribution in [1.82, 2.24) is 25.8 Å². The molecule has 0 aliphatic rings. The number of ketones is 1. The second-order valence-corrected chi connectivity index (χ2v) is 18.9. The van der Waals surface area contributed by atoms with Gasteiger partial charge in [0.2, 0.25) is 11.9 Å². The number of nitrogens with zero attached hydrogens (tertiary/aromatic N) is 2. The van der Waals surface area contributed by atoms with Crippen LogP contribution in [0.3, 0.4) is 0 Å². The van der Waals surface area contributed by atoms with Gasteiger partial charge in [-0.2, -0.15) is 0 Å². The Bertz CT molecular complexity index is 2840. The van der Waals surface area contributed by atoms with E-state index in [1.54, 1.807) is 69.3 Å². The van der Waals surface area contributed by atoms with Crippen molar-refractivity contribution in [3.05, 3.63) is 204 Å². The summed E-state index contributed by atoms with van der Waals surface area (Å²) in [6.45, 7) is 7.99. The van der Waals surface area contributed by atoms with Gasteiger partial charge in [-0.25, -0.2) is 24.1 Å². The van der Waals surface area contributed by atoms with Crippen molar-refractivity contribution in [2.45, 2.75) is 83.3 Å². The number of alkyl carbamates (subject to hydrolysis) is 3. The first-order valence-electron chi connectivity index (χ1n) is 25.1. The minimum absolute atomic E-state index is 0.0199. The number of guanidine groups is 1. The van der Waals surface area contributed by atoms with Crippen LogP contribution in [-0.4, -0.2) is 95.7 Å². The topological polar surface area (TPSA) is 206 Å². The number of hydrogen-bond donors (Lipinski definition) is 4. The van der Waals surface area contributed by atoms with Crippen LogP contribution in [-0.2, 0) is 48.2 Å². The molecule has 0 radical (unpaired) electrons. The smallest absolute Gasteiger partial charge is 0.416 e. The first-order chi connectivity index (χ1) is 36.6. The van der Waals surface area contributed by atoms with E-state index >= 15 is 4.79 Å². The van der Waals surface area contributed by atoms with E-state index in [1.807, 2.05) is 115 Å². The number of carbonyl (C=O) groups excluding carboxylic acids is 6. The first-order valence-corrected chi connectivity index (χ1v) is 25.1. The summed E-state index contributed by atoms with van der Waals surface area (Å²) in [4.78, 5) is 85.9. The highest BCUT2D eigenvalue weighted by Gasteiger charge is 2.33. The van der Waals surface area contributed by atoms with Crippen LogP contribution in [0.1, 0.15) is 73.8 Å². The molecule has 396 valence electrons. The summed E-state index contributed by atoms with van der Waals surface area (Å²) in [5, 5.41) is 18.6. The predicted molar refractivity (Wildman–Crippen MR) is 290 cm³/mol. The maximum Gasteiger partial charge on any atom is 0.416 e. The lowest BCUT2D eigenvalue weighted by Gasteiger charge is -2.32. The van der Waals surface area contributed by atoms with E-state index in [0.29, 0.717) is 11.1 Å². The molecule has 0 saturated carbocycles. The average Bonchev–Trinajstić information content (AvgIpc) is 3.42. The molecule has 2 atom stereocenters. The number of rotatable bonds is 23. The fraction of sp³-hybridized carbons (Fsp3) is 0.283. The van der Waals surface area contributed by atoms with Crippen molar-refractivity contribution in [3.8, 4) is 0 Å². The Balaban J connectivity index is 1.29. The van der Waals surface area contributed by atoms with Gasteiger partial charge in [0.05, 0.1) is 6.04 Å². The highest BCUT2D eigenvalue weighted by atomic mass is 16.6. The van der Waals surface area contributed by atoms with E-state index in [1.165, 1.54) is 11.0 Å². The van der Waals surface area contributed by atoms with Crippen molar-refractivity contribution in [3.63, 3.8) is 0 Å². The van der Waals surface area contributed by atoms with Gasteiger partial charge in [-0.3, -0.25) is 20.3 Å². The number of benzene rings is 6. The lowest BCUT2D eigenvalue weighted by Crippen LogP contribution is -2.52. The maximum atomic E-state index is 15.4. The summed E-state index contributed by atoms with van der Waals surface area (Å²) < 4.78 is 21.9. The number of ether oxygens (including phenoxy) is 4. The molecule has 6 rings (SSSR count). The summed E-state index contributed by atoms with van der Waals surface area (Å²) in [5.74, 6) is -2.01. The SMILES string of the molecule is C=CCOC(=O)N[C@@H](Cc1ccc2ccccc2c1)C(=O)CCN(CC(c1ccccc1)c1ccccc1)C(=O)[C@H](CCCN(C(=N)NC(=O)OCc1ccccc1)C(=O)OCc1ccccc1)NC(=O)OC(C)(C)C. The third-order valence-corrected chi connectivity index (χ3v) is 12.0. The van der Waals surface area contributed by atoms with Crippen LogP contribution in [0, 0.1) is 5.41 Å². The Labute approximate surface area is 443 Å². The van der Waals surface area contributed by atoms with Crippen LogP contribution < -0.4 is 16.0 Å². The monoisotopic (exact) mass is 1030 g/mol. The van der Waals surface area contributed by atoms with Crippen molar-refractivity contribution in [1.29, 1.82) is 5.41 Å². The molecule has 76 heavy (non-hydrogen) atoms. The third-order valence-electron chi connectivity index (χ3n) is 12.0. The quantitative estimate of drug-likeness (QED) is 0.0207. The van der Waals surface area contributed by atoms with E-state index in [9.17, 15) is 24.0 Å². The van der Waals surface area contributed by atoms with Crippen molar-refractivity contribution >= 4 is 52.8 Å². The third kappa shape index (κ3) is 18.3. The van der Waals surface area contributed by atoms with Gasteiger partial charge in [-0.05, 0) is 78.6 Å². The molecule has 0 heterocycles. The van der Waals surface area contributed by atoms with Crippen LogP contribution in [0.4, 0.5) is 19.2 Å². The highest BCUT2D eigenvalue weighted by molar-refractivity contribution is 5.99. The van der Waals surface area contributed by atoms with Gasteiger partial charge < -0.3 is 34.5 Å². The lowest BCUT2D eigenvalue weighted by atomic mass is 9.90. The number of amides is 5. The molecule has 0 spiro atoms. The molecule has 5 amide bonds. The zero-order valence-corrected chi connectivity index (χ0v) is 43.2. The summed E-state index contributed by atoms with van der Waals surface area (Å²) >= 11 is 0. The molecular weight excluding hydrogens is 965 g/mol. The van der Waals surface area contributed by atoms with Gasteiger partial charge in [-0.1, -0.05) is 176 Å². The van der Waals surface area contributed by atoms with Crippen molar-refractivity contribution < 1.29 is 47.7 Å². The van der Waals surface area contributed by atoms with Crippen LogP contribution in [0.25, 0.3) is 10.8 Å². The van der Waals surface area contributed by atoms with Gasteiger partial charge in [0.1, 0.15) is 31.5 Å². The van der Waals surface area contributed by atoms with Crippen LogP contribution in [0.2, 0.25) is 0 Å². The number of Topliss-reactive ketones (excluding diaryl/α,β-unsaturated/α-hetero) is 1. The average molecular weight is 1030 g/mol. The van der Waals surface area contributed by atoms with Gasteiger partial charge in [0.15, 0.2) is 5.78 Å². The molecule has 16 heteroatoms. The number of carbonyl (C=O) groups is 6. The van der Waals surface area contributed by atoms with E-state index in [4.69, 9.17) is 24.4 Å². The molecule has 4 N–H and O–H groups in total. The fourth-order valence-corrected chi connectivity index (χ4v) is 8.27. The van der Waals surface area contributed by atoms with Gasteiger partial charge >= 0.3 is 24.4 Å². The molecule has 0 aliphatic carbocycles. The van der Waals surface area contributed by atoms with Crippen LogP contribution >= 0.6 is 0 Å². The van der Waals surface area contributed by atoms with Crippen molar-refractivity contribution in [2.24, 2.45) is 0 Å². The molecule has 6 aromatic carbocycles. The summed E-state index contributed by atoms with van der Waals surface area (Å²) in [6.07, 6.45) is -2.47. The molecule has 16 nitrogen and oxygen atoms in total. The largest absolute Gasteiger partial charge is 0.445 e. The van der Waals surface area contributed by atoms with E-state index in [-0.39, 0.29) is 70.9 Å². The van der Waals surface area contributed by atoms with E-state index < -0.39 is 59.8 Å². The van der Waals surface area contributed by atoms with Gasteiger partial charge in [0.25, 0.3) is 0 Å². The summed E-state index contributed by atoms with van der Waals surface area (Å²) in [5.41, 5.74) is 2.98. The standard InChI is InChI=1S/C60H66N6O10/c1-5-37-73-56(69)63-52(39-45-32-33-46-25-18-19-30-49(46)38-45)53(67)34-36-65(40-50(47-26-14-8-15-27-47)48-28-16-9-17-29-48)54(68)51(62-58(71)76-60(2,3)4)31-20-35-66(59(72)75-42-44-23-12-7-13-24-44)55(61)64-57(70)74-41-43-21-10-6-11-22-43/h5-19,21-30,32-33,38,50-52H,1,20,31,34-37,39-42H2,2-4H3,(H,62,71)(H,63,69)(H2,61,64,70)/t51-,52-/m0/s1. The Morgan fingerprint density at radius 1 is 0.618 bits per heavy atom. The van der Waals surface area contributed by atoms with Gasteiger partial charge in [0, 0.05) is 32.0 Å². The molecule has 6 aromatic rings. The number of nitrogens with one attached hydrogen (secondary N) is 4. The minimum atomic E-state index is -1.31. The minimum Gasteiger partial charge on any atom is -0.445 e. The second kappa shape index (κ2) is 28.6. The molecule has 0 aromatic heterocycles. The van der Waals surface area contributed by atoms with E-state index in [0.717, 1.165) is 32.4 Å². The molecule has 0 fully saturated rings. The first kappa shape index (κ1) is 56.5. The van der Waals surface area contributed by atoms with E-state index in [2.05, 4.69) is 22.5 Å². The molecular formula is C60H66N6O10. The Kier molecular flexibility index (Phi) is 21.3. The normalized spacial score (nSPS) is 11.8. The summed E-state index contributed by atoms with van der Waals surface area (Å²) in [6, 6.07) is 48.2. The Hall–Kier alpha value is -8.79. The highest BCUT2D eigenvalue weighted by Crippen LogP contribution is 2.27. The lowest BCUT2D eigenvalue weighted by molar-refractivity contribution is -0.134. The zero-order valence-electron chi connectivity index (χ0n) is 43.2. The van der Waals surface area contributed by atoms with Crippen molar-refractivity contribution in [2.75, 3.05) is 26.2 Å². The second-order valence-electron chi connectivity index (χ2n) is 18.9. The molecule has 0 unspecified atom stereocenters. The fourth-order valence-electron chi connectivity index (χ4n) is 8.27. The number of fused-ring (bicyclic) bond motifs is 1. The zero-order chi connectivity index (χ0) is 54.3. The summed E-state index contributed by atoms with van der Waals surface area (Å²) in [7, 11) is 0. The molecule has 0 aliphatic heterocycles. The van der Waals surface area contributed by atoms with Crippen LogP contribution in [0.5, 0.6) is 0 Å². The molecule has 0 saturated heterocycles. The Morgan fingerprint density at radius 2 is 1.17 bits per heavy atom. The Morgan fingerprint density at radius 3 is 1.76 bits per heavy atom. The predicted octanol–water partition coefficient (Wildman–Crippen LogP) is 10.5. The maximum absolute atomic E-state index is 15.4. The molecule has 0 bridgehead atoms. The van der Waals surface area contributed by atoms with Gasteiger partial charge in [-0.15, -0.1) is 0 Å². The number of hydrogen-bond acceptors (Lipinski definition) is 11. The van der Waals surface area contributed by atoms with Crippen LogP contribution in [0.15, 0.2) is 176 Å².